The number of amides is 1. The highest BCUT2D eigenvalue weighted by Crippen LogP contribution is 2.26. The topological polar surface area (TPSA) is 82.6 Å². The Hall–Kier alpha value is -1.52. The molecule has 1 aliphatic heterocycles. The fourth-order valence-electron chi connectivity index (χ4n) is 4.30. The van der Waals surface area contributed by atoms with E-state index in [1.54, 1.807) is 13.8 Å². The largest absolute Gasteiger partial charge is 0.298 e. The minimum absolute atomic E-state index is 0.0453. The third kappa shape index (κ3) is 5.88. The number of halogens is 1. The van der Waals surface area contributed by atoms with Gasteiger partial charge in [-0.25, -0.2) is 13.4 Å². The van der Waals surface area contributed by atoms with E-state index >= 15 is 0 Å². The molecule has 1 aromatic carbocycles. The van der Waals surface area contributed by atoms with Crippen LogP contribution in [-0.4, -0.2) is 54.7 Å². The number of rotatable bonds is 8. The number of nitrogens with one attached hydrogen (secondary N) is 1. The molecule has 3 rings (SSSR count). The van der Waals surface area contributed by atoms with Crippen molar-refractivity contribution in [2.45, 2.75) is 45.6 Å². The van der Waals surface area contributed by atoms with Crippen molar-refractivity contribution in [3.8, 4) is 0 Å². The molecule has 0 unspecified atom stereocenters. The molecule has 0 spiro atoms. The van der Waals surface area contributed by atoms with Gasteiger partial charge in [0.2, 0.25) is 10.0 Å². The first-order valence-corrected chi connectivity index (χ1v) is 13.6. The van der Waals surface area contributed by atoms with Gasteiger partial charge in [-0.3, -0.25) is 15.0 Å². The number of aromatic nitrogens is 1. The van der Waals surface area contributed by atoms with Gasteiger partial charge < -0.3 is 0 Å². The first-order valence-electron chi connectivity index (χ1n) is 10.9. The molecule has 176 valence electrons. The highest BCUT2D eigenvalue weighted by molar-refractivity contribution is 7.89. The molecule has 2 aromatic rings. The van der Waals surface area contributed by atoms with Gasteiger partial charge in [0.1, 0.15) is 0 Å². The van der Waals surface area contributed by atoms with Gasteiger partial charge in [-0.2, -0.15) is 4.31 Å². The van der Waals surface area contributed by atoms with Crippen LogP contribution >= 0.6 is 22.9 Å². The maximum absolute atomic E-state index is 12.9. The average molecular weight is 499 g/mol. The third-order valence-electron chi connectivity index (χ3n) is 5.63. The molecule has 10 heteroatoms. The summed E-state index contributed by atoms with van der Waals surface area (Å²) in [5.74, 6) is 0.852. The van der Waals surface area contributed by atoms with Crippen LogP contribution in [-0.2, 0) is 16.6 Å². The minimum atomic E-state index is -3.69. The summed E-state index contributed by atoms with van der Waals surface area (Å²) in [4.78, 5) is 19.9. The predicted octanol–water partition coefficient (Wildman–Crippen LogP) is 4.56. The van der Waals surface area contributed by atoms with Gasteiger partial charge >= 0.3 is 0 Å². The highest BCUT2D eigenvalue weighted by Gasteiger charge is 2.25. The van der Waals surface area contributed by atoms with Crippen LogP contribution in [0, 0.1) is 11.8 Å². The highest BCUT2D eigenvalue weighted by atomic mass is 35.5. The van der Waals surface area contributed by atoms with Crippen molar-refractivity contribution < 1.29 is 13.2 Å². The van der Waals surface area contributed by atoms with Gasteiger partial charge in [0.15, 0.2) is 5.13 Å². The van der Waals surface area contributed by atoms with Gasteiger partial charge in [-0.05, 0) is 36.5 Å². The number of sulfonamides is 1. The molecule has 1 N–H and O–H groups in total. The van der Waals surface area contributed by atoms with Gasteiger partial charge in [-0.1, -0.05) is 39.3 Å². The normalized spacial score (nSPS) is 19.9. The molecule has 0 bridgehead atoms. The quantitative estimate of drug-likeness (QED) is 0.577. The number of nitrogens with zero attached hydrogens (tertiary/aromatic N) is 3. The number of hydrogen-bond acceptors (Lipinski definition) is 6. The molecule has 1 aliphatic rings. The van der Waals surface area contributed by atoms with Crippen molar-refractivity contribution >= 4 is 44.0 Å². The zero-order valence-electron chi connectivity index (χ0n) is 19.0. The molecule has 0 aliphatic carbocycles. The van der Waals surface area contributed by atoms with E-state index in [-0.39, 0.29) is 15.5 Å². The van der Waals surface area contributed by atoms with Gasteiger partial charge in [-0.15, -0.1) is 11.3 Å². The van der Waals surface area contributed by atoms with Crippen LogP contribution in [0.1, 0.15) is 50.2 Å². The number of carbonyl (C=O) groups is 1. The molecule has 2 atom stereocenters. The van der Waals surface area contributed by atoms with Crippen molar-refractivity contribution in [2.24, 2.45) is 11.8 Å². The summed E-state index contributed by atoms with van der Waals surface area (Å²) in [5, 5.41) is 5.37. The number of hydrogen-bond donors (Lipinski definition) is 1. The van der Waals surface area contributed by atoms with E-state index in [0.717, 1.165) is 25.3 Å². The smallest absolute Gasteiger partial charge is 0.259 e. The summed E-state index contributed by atoms with van der Waals surface area (Å²) in [6.07, 6.45) is 1.25. The molecule has 0 saturated carbocycles. The molecule has 1 aromatic heterocycles. The van der Waals surface area contributed by atoms with Crippen LogP contribution in [0.15, 0.2) is 28.5 Å². The van der Waals surface area contributed by atoms with E-state index in [9.17, 15) is 13.2 Å². The van der Waals surface area contributed by atoms with Crippen LogP contribution in [0.25, 0.3) is 0 Å². The minimum Gasteiger partial charge on any atom is -0.298 e. The molecule has 1 saturated heterocycles. The molecule has 32 heavy (non-hydrogen) atoms. The lowest BCUT2D eigenvalue weighted by molar-refractivity contribution is 0.102. The van der Waals surface area contributed by atoms with Crippen LogP contribution in [0.3, 0.4) is 0 Å². The second-order valence-electron chi connectivity index (χ2n) is 8.47. The Labute approximate surface area is 199 Å². The van der Waals surface area contributed by atoms with E-state index in [4.69, 9.17) is 11.6 Å². The molecule has 7 nitrogen and oxygen atoms in total. The monoisotopic (exact) mass is 498 g/mol. The third-order valence-corrected chi connectivity index (χ3v) is 8.81. The van der Waals surface area contributed by atoms with E-state index < -0.39 is 15.9 Å². The van der Waals surface area contributed by atoms with E-state index in [1.165, 1.54) is 40.3 Å². The van der Waals surface area contributed by atoms with Crippen molar-refractivity contribution in [3.05, 3.63) is 39.9 Å². The maximum Gasteiger partial charge on any atom is 0.259 e. The molecule has 0 radical (unpaired) electrons. The lowest BCUT2D eigenvalue weighted by atomic mass is 9.92. The summed E-state index contributed by atoms with van der Waals surface area (Å²) in [6, 6.07) is 4.20. The summed E-state index contributed by atoms with van der Waals surface area (Å²) in [7, 11) is -3.69. The van der Waals surface area contributed by atoms with Crippen LogP contribution in [0.2, 0.25) is 5.02 Å². The summed E-state index contributed by atoms with van der Waals surface area (Å²) >= 11 is 7.57. The molecule has 1 amide bonds. The van der Waals surface area contributed by atoms with Crippen molar-refractivity contribution in [2.75, 3.05) is 31.5 Å². The Balaban J connectivity index is 1.73. The number of anilines is 1. The van der Waals surface area contributed by atoms with Crippen LogP contribution in [0.5, 0.6) is 0 Å². The standard InChI is InChI=1S/C22H31ClN4O3S2/c1-5-27(6-2)32(29,30)18-7-8-20(23)19(10-18)21(28)25-22-24-17(14-31-22)13-26-11-15(3)9-16(4)12-26/h7-8,10,14-16H,5-6,9,11-13H2,1-4H3,(H,24,25,28)/t15-,16-/m1/s1. The first kappa shape index (κ1) is 25.1. The van der Waals surface area contributed by atoms with Crippen molar-refractivity contribution in [1.82, 2.24) is 14.2 Å². The Bertz CT molecular complexity index is 1040. The second-order valence-corrected chi connectivity index (χ2v) is 11.7. The van der Waals surface area contributed by atoms with Gasteiger partial charge in [0, 0.05) is 38.1 Å². The summed E-state index contributed by atoms with van der Waals surface area (Å²) < 4.78 is 27.0. The fourth-order valence-corrected chi connectivity index (χ4v) is 6.69. The Morgan fingerprint density at radius 2 is 1.91 bits per heavy atom. The van der Waals surface area contributed by atoms with Crippen molar-refractivity contribution in [3.63, 3.8) is 0 Å². The van der Waals surface area contributed by atoms with Gasteiger partial charge in [0.25, 0.3) is 5.91 Å². The van der Waals surface area contributed by atoms with E-state index in [2.05, 4.69) is 29.0 Å². The second kappa shape index (κ2) is 10.6. The van der Waals surface area contributed by atoms with Crippen LogP contribution < -0.4 is 5.32 Å². The predicted molar refractivity (Wildman–Crippen MR) is 130 cm³/mol. The number of thiazole rings is 1. The Morgan fingerprint density at radius 1 is 1.25 bits per heavy atom. The van der Waals surface area contributed by atoms with Gasteiger partial charge in [0.05, 0.1) is 21.2 Å². The maximum atomic E-state index is 12.9. The summed E-state index contributed by atoms with van der Waals surface area (Å²) in [5.41, 5.74) is 1.02. The number of likely N-dealkylation sites (tertiary alicyclic amines) is 1. The first-order chi connectivity index (χ1) is 15.1. The zero-order valence-corrected chi connectivity index (χ0v) is 21.4. The van der Waals surface area contributed by atoms with Crippen molar-refractivity contribution in [1.29, 1.82) is 0 Å². The number of benzene rings is 1. The fraction of sp³-hybridized carbons (Fsp3) is 0.545. The summed E-state index contributed by atoms with van der Waals surface area (Å²) in [6.45, 7) is 11.6. The number of carbonyl (C=O) groups excluding carboxylic acids is 1. The van der Waals surface area contributed by atoms with Crippen LogP contribution in [0.4, 0.5) is 5.13 Å². The van der Waals surface area contributed by atoms with E-state index in [0.29, 0.717) is 30.1 Å². The Kier molecular flexibility index (Phi) is 8.32. The lowest BCUT2D eigenvalue weighted by Gasteiger charge is -2.34. The number of piperidine rings is 1. The average Bonchev–Trinajstić information content (AvgIpc) is 3.14. The Morgan fingerprint density at radius 3 is 2.53 bits per heavy atom. The molecule has 1 fully saturated rings. The SMILES string of the molecule is CCN(CC)S(=O)(=O)c1ccc(Cl)c(C(=O)Nc2nc(CN3C[C@H](C)C[C@@H](C)C3)cs2)c1. The molecular formula is C22H31ClN4O3S2. The molecular weight excluding hydrogens is 468 g/mol. The lowest BCUT2D eigenvalue weighted by Crippen LogP contribution is -2.38. The molecule has 2 heterocycles. The zero-order chi connectivity index (χ0) is 23.5. The van der Waals surface area contributed by atoms with E-state index in [1.807, 2.05) is 5.38 Å².